The van der Waals surface area contributed by atoms with E-state index in [1.165, 1.54) is 5.69 Å². The third kappa shape index (κ3) is 2.74. The summed E-state index contributed by atoms with van der Waals surface area (Å²) >= 11 is 0. The smallest absolute Gasteiger partial charge is 0.0762 e. The molecule has 0 bridgehead atoms. The fourth-order valence-electron chi connectivity index (χ4n) is 1.90. The van der Waals surface area contributed by atoms with Gasteiger partial charge in [-0.25, -0.2) is 0 Å². The van der Waals surface area contributed by atoms with E-state index in [9.17, 15) is 0 Å². The van der Waals surface area contributed by atoms with Crippen molar-refractivity contribution in [3.63, 3.8) is 0 Å². The second-order valence-corrected chi connectivity index (χ2v) is 4.22. The van der Waals surface area contributed by atoms with Crippen molar-refractivity contribution in [2.24, 2.45) is 0 Å². The second kappa shape index (κ2) is 5.14. The minimum Gasteiger partial charge on any atom is -0.303 e. The molecule has 0 saturated carbocycles. The summed E-state index contributed by atoms with van der Waals surface area (Å²) in [5.41, 5.74) is 3.34. The van der Waals surface area contributed by atoms with Gasteiger partial charge in [-0.2, -0.15) is 10.2 Å². The lowest BCUT2D eigenvalue weighted by atomic mass is 10.2. The van der Waals surface area contributed by atoms with Crippen molar-refractivity contribution in [3.05, 3.63) is 35.4 Å². The molecule has 1 unspecified atom stereocenters. The molecule has 0 aromatic carbocycles. The van der Waals surface area contributed by atoms with Crippen LogP contribution in [0.1, 0.15) is 37.0 Å². The van der Waals surface area contributed by atoms with Gasteiger partial charge in [0.05, 0.1) is 11.4 Å². The first kappa shape index (κ1) is 11.9. The molecule has 0 saturated heterocycles. The first-order chi connectivity index (χ1) is 8.20. The number of nitrogens with one attached hydrogen (secondary N) is 2. The average Bonchev–Trinajstić information content (AvgIpc) is 2.94. The summed E-state index contributed by atoms with van der Waals surface area (Å²) in [4.78, 5) is 0. The zero-order valence-corrected chi connectivity index (χ0v) is 10.6. The quantitative estimate of drug-likeness (QED) is 0.827. The lowest BCUT2D eigenvalue weighted by molar-refractivity contribution is 0.505. The maximum Gasteiger partial charge on any atom is 0.0762 e. The van der Waals surface area contributed by atoms with Gasteiger partial charge in [-0.3, -0.25) is 9.78 Å². The molecule has 17 heavy (non-hydrogen) atoms. The van der Waals surface area contributed by atoms with Crippen molar-refractivity contribution in [2.75, 3.05) is 0 Å². The van der Waals surface area contributed by atoms with E-state index >= 15 is 0 Å². The monoisotopic (exact) mass is 233 g/mol. The Balaban J connectivity index is 1.95. The fourth-order valence-corrected chi connectivity index (χ4v) is 1.90. The van der Waals surface area contributed by atoms with Gasteiger partial charge in [0.15, 0.2) is 0 Å². The molecule has 0 aliphatic heterocycles. The standard InChI is InChI=1S/C12H19N5/c1-4-17-12(5-6-14-17)10(3)13-8-11-7-9(2)15-16-11/h5-7,10,13H,4,8H2,1-3H3,(H,15,16). The van der Waals surface area contributed by atoms with Crippen LogP contribution in [-0.2, 0) is 13.1 Å². The molecule has 5 heteroatoms. The Morgan fingerprint density at radius 2 is 2.35 bits per heavy atom. The van der Waals surface area contributed by atoms with Crippen molar-refractivity contribution in [1.29, 1.82) is 0 Å². The van der Waals surface area contributed by atoms with Crippen LogP contribution in [0.4, 0.5) is 0 Å². The van der Waals surface area contributed by atoms with Crippen LogP contribution < -0.4 is 5.32 Å². The van der Waals surface area contributed by atoms with Crippen molar-refractivity contribution >= 4 is 0 Å². The van der Waals surface area contributed by atoms with Gasteiger partial charge in [0, 0.05) is 31.0 Å². The molecule has 0 amide bonds. The fraction of sp³-hybridized carbons (Fsp3) is 0.500. The summed E-state index contributed by atoms with van der Waals surface area (Å²) < 4.78 is 2.01. The van der Waals surface area contributed by atoms with Gasteiger partial charge in [0.25, 0.3) is 0 Å². The molecule has 0 spiro atoms. The van der Waals surface area contributed by atoms with Crippen LogP contribution in [0.5, 0.6) is 0 Å². The summed E-state index contributed by atoms with van der Waals surface area (Å²) in [6.07, 6.45) is 1.84. The Morgan fingerprint density at radius 3 is 3.00 bits per heavy atom. The average molecular weight is 233 g/mol. The molecule has 0 fully saturated rings. The Kier molecular flexibility index (Phi) is 3.58. The molecule has 5 nitrogen and oxygen atoms in total. The molecule has 2 rings (SSSR count). The SMILES string of the molecule is CCn1nccc1C(C)NCc1cc(C)[nH]n1. The van der Waals surface area contributed by atoms with E-state index in [2.05, 4.69) is 46.6 Å². The van der Waals surface area contributed by atoms with Crippen molar-refractivity contribution in [3.8, 4) is 0 Å². The Bertz CT molecular complexity index is 471. The van der Waals surface area contributed by atoms with E-state index in [0.717, 1.165) is 24.5 Å². The lowest BCUT2D eigenvalue weighted by Crippen LogP contribution is -2.21. The van der Waals surface area contributed by atoms with Crippen LogP contribution in [0, 0.1) is 6.92 Å². The normalized spacial score (nSPS) is 12.9. The number of H-pyrrole nitrogens is 1. The highest BCUT2D eigenvalue weighted by atomic mass is 15.3. The molecule has 0 aliphatic rings. The van der Waals surface area contributed by atoms with Crippen LogP contribution in [0.3, 0.4) is 0 Å². The molecule has 0 radical (unpaired) electrons. The summed E-state index contributed by atoms with van der Waals surface area (Å²) in [5.74, 6) is 0. The molecule has 2 aromatic heterocycles. The number of hydrogen-bond donors (Lipinski definition) is 2. The predicted molar refractivity (Wildman–Crippen MR) is 66.5 cm³/mol. The van der Waals surface area contributed by atoms with E-state index in [1.54, 1.807) is 0 Å². The van der Waals surface area contributed by atoms with Gasteiger partial charge in [-0.05, 0) is 32.9 Å². The van der Waals surface area contributed by atoms with Gasteiger partial charge in [0.1, 0.15) is 0 Å². The van der Waals surface area contributed by atoms with Crippen LogP contribution in [0.15, 0.2) is 18.3 Å². The molecule has 92 valence electrons. The number of nitrogens with zero attached hydrogens (tertiary/aromatic N) is 3. The van der Waals surface area contributed by atoms with Crippen LogP contribution in [0.2, 0.25) is 0 Å². The number of aromatic nitrogens is 4. The van der Waals surface area contributed by atoms with Crippen molar-refractivity contribution < 1.29 is 0 Å². The second-order valence-electron chi connectivity index (χ2n) is 4.22. The van der Waals surface area contributed by atoms with Crippen LogP contribution >= 0.6 is 0 Å². The van der Waals surface area contributed by atoms with E-state index < -0.39 is 0 Å². The minimum absolute atomic E-state index is 0.273. The molecule has 1 atom stereocenters. The third-order valence-corrected chi connectivity index (χ3v) is 2.84. The number of aromatic amines is 1. The maximum atomic E-state index is 4.27. The lowest BCUT2D eigenvalue weighted by Gasteiger charge is -2.14. The van der Waals surface area contributed by atoms with Crippen molar-refractivity contribution in [1.82, 2.24) is 25.3 Å². The summed E-state index contributed by atoms with van der Waals surface area (Å²) in [5, 5.41) is 14.9. The van der Waals surface area contributed by atoms with Gasteiger partial charge in [0.2, 0.25) is 0 Å². The maximum absolute atomic E-state index is 4.27. The van der Waals surface area contributed by atoms with Gasteiger partial charge in [-0.15, -0.1) is 0 Å². The highest BCUT2D eigenvalue weighted by Crippen LogP contribution is 2.12. The molecular weight excluding hydrogens is 214 g/mol. The first-order valence-corrected chi connectivity index (χ1v) is 5.96. The van der Waals surface area contributed by atoms with E-state index in [1.807, 2.05) is 17.8 Å². The predicted octanol–water partition coefficient (Wildman–Crippen LogP) is 1.79. The zero-order valence-electron chi connectivity index (χ0n) is 10.6. The molecule has 2 N–H and O–H groups in total. The summed E-state index contributed by atoms with van der Waals surface area (Å²) in [6, 6.07) is 4.38. The largest absolute Gasteiger partial charge is 0.303 e. The third-order valence-electron chi connectivity index (χ3n) is 2.84. The van der Waals surface area contributed by atoms with Crippen LogP contribution in [-0.4, -0.2) is 20.0 Å². The van der Waals surface area contributed by atoms with Crippen LogP contribution in [0.25, 0.3) is 0 Å². The first-order valence-electron chi connectivity index (χ1n) is 5.96. The zero-order chi connectivity index (χ0) is 12.3. The Hall–Kier alpha value is -1.62. The molecule has 0 aliphatic carbocycles. The molecule has 2 aromatic rings. The summed E-state index contributed by atoms with van der Waals surface area (Å²) in [6.45, 7) is 7.91. The number of aryl methyl sites for hydroxylation is 2. The Labute approximate surface area is 101 Å². The van der Waals surface area contributed by atoms with E-state index in [4.69, 9.17) is 0 Å². The van der Waals surface area contributed by atoms with Crippen molar-refractivity contribution in [2.45, 2.75) is 39.9 Å². The van der Waals surface area contributed by atoms with Gasteiger partial charge >= 0.3 is 0 Å². The molecule has 2 heterocycles. The number of hydrogen-bond acceptors (Lipinski definition) is 3. The van der Waals surface area contributed by atoms with E-state index in [-0.39, 0.29) is 6.04 Å². The molecular formula is C12H19N5. The van der Waals surface area contributed by atoms with Gasteiger partial charge < -0.3 is 5.32 Å². The highest BCUT2D eigenvalue weighted by molar-refractivity contribution is 5.09. The Morgan fingerprint density at radius 1 is 1.53 bits per heavy atom. The number of rotatable bonds is 5. The highest BCUT2D eigenvalue weighted by Gasteiger charge is 2.10. The van der Waals surface area contributed by atoms with Gasteiger partial charge in [-0.1, -0.05) is 0 Å². The summed E-state index contributed by atoms with van der Waals surface area (Å²) in [7, 11) is 0. The topological polar surface area (TPSA) is 58.5 Å². The minimum atomic E-state index is 0.273. The van der Waals surface area contributed by atoms with E-state index in [0.29, 0.717) is 0 Å².